The second kappa shape index (κ2) is 7.82. The van der Waals surface area contributed by atoms with Gasteiger partial charge in [-0.15, -0.1) is 11.8 Å². The van der Waals surface area contributed by atoms with Crippen molar-refractivity contribution in [1.29, 1.82) is 0 Å². The molecule has 2 rings (SSSR count). The zero-order valence-corrected chi connectivity index (χ0v) is 13.4. The summed E-state index contributed by atoms with van der Waals surface area (Å²) < 4.78 is 0. The first-order valence-electron chi connectivity index (χ1n) is 7.46. The third kappa shape index (κ3) is 4.73. The largest absolute Gasteiger partial charge is 0.391 e. The van der Waals surface area contributed by atoms with E-state index in [1.165, 1.54) is 0 Å². The van der Waals surface area contributed by atoms with Gasteiger partial charge in [-0.05, 0) is 18.1 Å². The lowest BCUT2D eigenvalue weighted by atomic mass is 10.1. The van der Waals surface area contributed by atoms with Gasteiger partial charge in [0.15, 0.2) is 0 Å². The summed E-state index contributed by atoms with van der Waals surface area (Å²) in [6.07, 6.45) is -0.357. The SMILES string of the molecule is CC(C)C(Sc1ccccc1)C(=O)NCC1CNCC1O. The van der Waals surface area contributed by atoms with Crippen LogP contribution in [0, 0.1) is 11.8 Å². The molecule has 3 N–H and O–H groups in total. The minimum absolute atomic E-state index is 0.0537. The number of benzene rings is 1. The molecule has 116 valence electrons. The summed E-state index contributed by atoms with van der Waals surface area (Å²) in [5.41, 5.74) is 0. The third-order valence-electron chi connectivity index (χ3n) is 3.71. The highest BCUT2D eigenvalue weighted by atomic mass is 32.2. The Bertz CT molecular complexity index is 453. The predicted octanol–water partition coefficient (Wildman–Crippen LogP) is 1.50. The molecule has 1 aromatic carbocycles. The molecule has 1 aliphatic rings. The van der Waals surface area contributed by atoms with Crippen molar-refractivity contribution in [3.05, 3.63) is 30.3 Å². The fraction of sp³-hybridized carbons (Fsp3) is 0.562. The number of aliphatic hydroxyl groups excluding tert-OH is 1. The number of amides is 1. The van der Waals surface area contributed by atoms with Gasteiger partial charge in [0.25, 0.3) is 0 Å². The van der Waals surface area contributed by atoms with Gasteiger partial charge in [0.05, 0.1) is 11.4 Å². The van der Waals surface area contributed by atoms with Gasteiger partial charge < -0.3 is 15.7 Å². The Hall–Kier alpha value is -1.04. The van der Waals surface area contributed by atoms with E-state index in [0.29, 0.717) is 13.1 Å². The van der Waals surface area contributed by atoms with E-state index < -0.39 is 0 Å². The van der Waals surface area contributed by atoms with Crippen molar-refractivity contribution in [3.8, 4) is 0 Å². The molecule has 1 aliphatic heterocycles. The van der Waals surface area contributed by atoms with Gasteiger partial charge in [-0.25, -0.2) is 0 Å². The van der Waals surface area contributed by atoms with E-state index in [2.05, 4.69) is 24.5 Å². The average molecular weight is 308 g/mol. The summed E-state index contributed by atoms with van der Waals surface area (Å²) in [6, 6.07) is 10.00. The van der Waals surface area contributed by atoms with Gasteiger partial charge >= 0.3 is 0 Å². The molecule has 1 heterocycles. The maximum atomic E-state index is 12.4. The molecule has 0 aliphatic carbocycles. The predicted molar refractivity (Wildman–Crippen MR) is 86.3 cm³/mol. The molecule has 21 heavy (non-hydrogen) atoms. The summed E-state index contributed by atoms with van der Waals surface area (Å²) >= 11 is 1.60. The Morgan fingerprint density at radius 1 is 1.38 bits per heavy atom. The number of carbonyl (C=O) groups is 1. The summed E-state index contributed by atoms with van der Waals surface area (Å²) in [5.74, 6) is 0.420. The monoisotopic (exact) mass is 308 g/mol. The van der Waals surface area contributed by atoms with Crippen LogP contribution < -0.4 is 10.6 Å². The van der Waals surface area contributed by atoms with Gasteiger partial charge in [0, 0.05) is 30.4 Å². The Morgan fingerprint density at radius 2 is 2.10 bits per heavy atom. The molecular formula is C16H24N2O2S. The minimum Gasteiger partial charge on any atom is -0.391 e. The van der Waals surface area contributed by atoms with Crippen LogP contribution in [0.2, 0.25) is 0 Å². The van der Waals surface area contributed by atoms with Crippen LogP contribution in [0.1, 0.15) is 13.8 Å². The van der Waals surface area contributed by atoms with E-state index >= 15 is 0 Å². The van der Waals surface area contributed by atoms with Gasteiger partial charge in [-0.1, -0.05) is 32.0 Å². The number of carbonyl (C=O) groups excluding carboxylic acids is 1. The first-order valence-corrected chi connectivity index (χ1v) is 8.34. The number of thioether (sulfide) groups is 1. The van der Waals surface area contributed by atoms with E-state index in [9.17, 15) is 9.90 Å². The van der Waals surface area contributed by atoms with Crippen LogP contribution in [0.15, 0.2) is 35.2 Å². The van der Waals surface area contributed by atoms with E-state index in [4.69, 9.17) is 0 Å². The van der Waals surface area contributed by atoms with E-state index in [1.54, 1.807) is 11.8 Å². The van der Waals surface area contributed by atoms with Crippen molar-refractivity contribution < 1.29 is 9.90 Å². The summed E-state index contributed by atoms with van der Waals surface area (Å²) in [4.78, 5) is 13.5. The van der Waals surface area contributed by atoms with Gasteiger partial charge in [0.1, 0.15) is 0 Å². The highest BCUT2D eigenvalue weighted by molar-refractivity contribution is 8.00. The number of aliphatic hydroxyl groups is 1. The average Bonchev–Trinajstić information content (AvgIpc) is 2.88. The zero-order valence-electron chi connectivity index (χ0n) is 12.6. The van der Waals surface area contributed by atoms with Crippen molar-refractivity contribution >= 4 is 17.7 Å². The van der Waals surface area contributed by atoms with Crippen molar-refractivity contribution in [3.63, 3.8) is 0 Å². The second-order valence-corrected chi connectivity index (χ2v) is 7.04. The van der Waals surface area contributed by atoms with Gasteiger partial charge in [-0.2, -0.15) is 0 Å². The Kier molecular flexibility index (Phi) is 6.08. The molecule has 0 aromatic heterocycles. The summed E-state index contributed by atoms with van der Waals surface area (Å²) in [6.45, 7) is 6.04. The molecule has 3 atom stereocenters. The number of hydrogen-bond acceptors (Lipinski definition) is 4. The fourth-order valence-corrected chi connectivity index (χ4v) is 3.47. The van der Waals surface area contributed by atoms with Crippen molar-refractivity contribution in [2.24, 2.45) is 11.8 Å². The topological polar surface area (TPSA) is 61.4 Å². The highest BCUT2D eigenvalue weighted by Crippen LogP contribution is 2.28. The third-order valence-corrected chi connectivity index (χ3v) is 5.27. The number of nitrogens with one attached hydrogen (secondary N) is 2. The molecule has 0 radical (unpaired) electrons. The van der Waals surface area contributed by atoms with Gasteiger partial charge in [-0.3, -0.25) is 4.79 Å². The van der Waals surface area contributed by atoms with Crippen molar-refractivity contribution in [2.75, 3.05) is 19.6 Å². The smallest absolute Gasteiger partial charge is 0.233 e. The first kappa shape index (κ1) is 16.3. The normalized spacial score (nSPS) is 23.2. The maximum absolute atomic E-state index is 12.4. The fourth-order valence-electron chi connectivity index (χ4n) is 2.40. The molecule has 3 unspecified atom stereocenters. The molecular weight excluding hydrogens is 284 g/mol. The molecule has 1 amide bonds. The van der Waals surface area contributed by atoms with Crippen molar-refractivity contribution in [1.82, 2.24) is 10.6 Å². The first-order chi connectivity index (χ1) is 10.1. The lowest BCUT2D eigenvalue weighted by Crippen LogP contribution is -2.40. The zero-order chi connectivity index (χ0) is 15.2. The van der Waals surface area contributed by atoms with Crippen LogP contribution in [-0.4, -0.2) is 42.0 Å². The Morgan fingerprint density at radius 3 is 2.67 bits per heavy atom. The molecule has 1 aromatic rings. The van der Waals surface area contributed by atoms with Crippen LogP contribution >= 0.6 is 11.8 Å². The lowest BCUT2D eigenvalue weighted by molar-refractivity contribution is -0.121. The number of hydrogen-bond donors (Lipinski definition) is 3. The number of rotatable bonds is 6. The molecule has 0 bridgehead atoms. The van der Waals surface area contributed by atoms with Crippen LogP contribution in [0.3, 0.4) is 0 Å². The molecule has 4 nitrogen and oxygen atoms in total. The Labute approximate surface area is 130 Å². The molecule has 1 saturated heterocycles. The van der Waals surface area contributed by atoms with Crippen LogP contribution in [0.4, 0.5) is 0 Å². The van der Waals surface area contributed by atoms with E-state index in [-0.39, 0.29) is 29.1 Å². The summed E-state index contributed by atoms with van der Waals surface area (Å²) in [5, 5.41) is 15.8. The number of β-amino-alcohol motifs (C(OH)–C–C–N with tert-alkyl or cyclic N) is 1. The molecule has 0 spiro atoms. The second-order valence-electron chi connectivity index (χ2n) is 5.83. The van der Waals surface area contributed by atoms with Crippen LogP contribution in [0.25, 0.3) is 0 Å². The molecule has 0 saturated carbocycles. The lowest BCUT2D eigenvalue weighted by Gasteiger charge is -2.21. The van der Waals surface area contributed by atoms with Crippen LogP contribution in [-0.2, 0) is 4.79 Å². The minimum atomic E-state index is -0.357. The van der Waals surface area contributed by atoms with Gasteiger partial charge in [0.2, 0.25) is 5.91 Å². The standard InChI is InChI=1S/C16H24N2O2S/c1-11(2)15(21-13-6-4-3-5-7-13)16(20)18-9-12-8-17-10-14(12)19/h3-7,11-12,14-15,17,19H,8-10H2,1-2H3,(H,18,20). The van der Waals surface area contributed by atoms with E-state index in [0.717, 1.165) is 11.4 Å². The maximum Gasteiger partial charge on any atom is 0.233 e. The highest BCUT2D eigenvalue weighted by Gasteiger charge is 2.28. The van der Waals surface area contributed by atoms with E-state index in [1.807, 2.05) is 30.3 Å². The molecule has 1 fully saturated rings. The summed E-state index contributed by atoms with van der Waals surface area (Å²) in [7, 11) is 0. The van der Waals surface area contributed by atoms with Crippen molar-refractivity contribution in [2.45, 2.75) is 30.1 Å². The van der Waals surface area contributed by atoms with Crippen LogP contribution in [0.5, 0.6) is 0 Å². The molecule has 5 heteroatoms. The quantitative estimate of drug-likeness (QED) is 0.697. The Balaban J connectivity index is 1.90.